The van der Waals surface area contributed by atoms with Crippen LogP contribution in [0.15, 0.2) is 72.9 Å². The molecule has 0 radical (unpaired) electrons. The fourth-order valence-electron chi connectivity index (χ4n) is 3.51. The van der Waals surface area contributed by atoms with E-state index < -0.39 is 0 Å². The number of rotatable bonds is 5. The van der Waals surface area contributed by atoms with E-state index in [2.05, 4.69) is 41.4 Å². The van der Waals surface area contributed by atoms with E-state index in [0.717, 1.165) is 16.5 Å². The summed E-state index contributed by atoms with van der Waals surface area (Å²) in [6.45, 7) is 7.85. The Balaban J connectivity index is 1.54. The maximum atomic E-state index is 13.0. The summed E-state index contributed by atoms with van der Waals surface area (Å²) < 4.78 is 5.84. The Morgan fingerprint density at radius 3 is 2.38 bits per heavy atom. The number of hydrogen-bond donors (Lipinski definition) is 2. The normalized spacial score (nSPS) is 11.2. The molecule has 34 heavy (non-hydrogen) atoms. The van der Waals surface area contributed by atoms with Gasteiger partial charge in [-0.05, 0) is 58.1 Å². The minimum absolute atomic E-state index is 0.0508. The van der Waals surface area contributed by atoms with E-state index in [4.69, 9.17) is 4.74 Å². The van der Waals surface area contributed by atoms with Gasteiger partial charge in [-0.25, -0.2) is 4.98 Å². The van der Waals surface area contributed by atoms with Crippen molar-refractivity contribution in [2.75, 3.05) is 10.6 Å². The predicted molar refractivity (Wildman–Crippen MR) is 133 cm³/mol. The molecule has 0 aliphatic rings. The number of carbonyl (C=O) groups is 2. The fourth-order valence-corrected chi connectivity index (χ4v) is 3.51. The number of amides is 2. The number of aromatic nitrogens is 2. The molecule has 0 atom stereocenters. The summed E-state index contributed by atoms with van der Waals surface area (Å²) in [5.74, 6) is 0.568. The summed E-state index contributed by atoms with van der Waals surface area (Å²) >= 11 is 0. The molecule has 0 aliphatic heterocycles. The van der Waals surface area contributed by atoms with Gasteiger partial charge in [0.25, 0.3) is 5.91 Å². The molecular weight excluding hydrogens is 428 g/mol. The first-order valence-electron chi connectivity index (χ1n) is 10.9. The highest BCUT2D eigenvalue weighted by atomic mass is 16.5. The van der Waals surface area contributed by atoms with Crippen LogP contribution < -0.4 is 15.4 Å². The van der Waals surface area contributed by atoms with Gasteiger partial charge in [0.15, 0.2) is 0 Å². The number of ether oxygens (including phenoxy) is 1. The van der Waals surface area contributed by atoms with Crippen molar-refractivity contribution in [2.24, 2.45) is 0 Å². The van der Waals surface area contributed by atoms with E-state index in [1.165, 1.54) is 18.7 Å². The Morgan fingerprint density at radius 1 is 0.912 bits per heavy atom. The summed E-state index contributed by atoms with van der Waals surface area (Å²) in [6, 6.07) is 20.5. The van der Waals surface area contributed by atoms with Crippen LogP contribution in [0.4, 0.5) is 11.6 Å². The molecule has 0 saturated heterocycles. The number of benzene rings is 3. The third-order valence-corrected chi connectivity index (χ3v) is 5.25. The number of hydrogen-bond acceptors (Lipinski definition) is 5. The maximum absolute atomic E-state index is 13.0. The van der Waals surface area contributed by atoms with Gasteiger partial charge in [-0.15, -0.1) is 0 Å². The molecule has 0 bridgehead atoms. The highest BCUT2D eigenvalue weighted by Gasteiger charge is 2.15. The van der Waals surface area contributed by atoms with Crippen molar-refractivity contribution in [1.29, 1.82) is 0 Å². The zero-order valence-electron chi connectivity index (χ0n) is 19.5. The Kier molecular flexibility index (Phi) is 6.27. The van der Waals surface area contributed by atoms with E-state index in [9.17, 15) is 9.59 Å². The van der Waals surface area contributed by atoms with E-state index in [1.54, 1.807) is 18.2 Å². The second-order valence-electron chi connectivity index (χ2n) is 8.97. The van der Waals surface area contributed by atoms with Crippen LogP contribution in [0.2, 0.25) is 0 Å². The Bertz CT molecular complexity index is 1360. The minimum atomic E-state index is -0.265. The topological polar surface area (TPSA) is 93.2 Å². The quantitative estimate of drug-likeness (QED) is 0.390. The summed E-state index contributed by atoms with van der Waals surface area (Å²) in [4.78, 5) is 32.4. The monoisotopic (exact) mass is 454 g/mol. The van der Waals surface area contributed by atoms with Crippen molar-refractivity contribution >= 4 is 34.2 Å². The highest BCUT2D eigenvalue weighted by molar-refractivity contribution is 6.13. The molecule has 0 spiro atoms. The molecule has 3 aromatic carbocycles. The standard InChI is InChI=1S/C27H26N4O3/c1-17(32)29-26-28-15-14-24(31-26)34-21-12-13-22-18(16-21)6-5-7-23(22)25(33)30-20-10-8-19(9-11-20)27(2,3)4/h5-16H,1-4H3,(H,30,33)(H,28,29,31,32). The van der Waals surface area contributed by atoms with Crippen molar-refractivity contribution < 1.29 is 14.3 Å². The third kappa shape index (κ3) is 5.38. The second-order valence-corrected chi connectivity index (χ2v) is 8.97. The molecule has 0 aliphatic carbocycles. The van der Waals surface area contributed by atoms with E-state index in [0.29, 0.717) is 17.2 Å². The zero-order chi connectivity index (χ0) is 24.3. The van der Waals surface area contributed by atoms with Crippen LogP contribution in [0.25, 0.3) is 10.8 Å². The first-order valence-corrected chi connectivity index (χ1v) is 10.9. The van der Waals surface area contributed by atoms with Crippen molar-refractivity contribution in [3.05, 3.63) is 84.1 Å². The molecule has 0 fully saturated rings. The first-order chi connectivity index (χ1) is 16.2. The van der Waals surface area contributed by atoms with Crippen LogP contribution in [-0.2, 0) is 10.2 Å². The van der Waals surface area contributed by atoms with Crippen LogP contribution in [0.3, 0.4) is 0 Å². The van der Waals surface area contributed by atoms with E-state index in [1.807, 2.05) is 48.5 Å². The molecule has 0 saturated carbocycles. The summed E-state index contributed by atoms with van der Waals surface area (Å²) in [6.07, 6.45) is 1.51. The van der Waals surface area contributed by atoms with Gasteiger partial charge < -0.3 is 10.1 Å². The van der Waals surface area contributed by atoms with Gasteiger partial charge in [-0.1, -0.05) is 45.0 Å². The van der Waals surface area contributed by atoms with Gasteiger partial charge in [0.05, 0.1) is 0 Å². The number of nitrogens with one attached hydrogen (secondary N) is 2. The molecule has 7 nitrogen and oxygen atoms in total. The summed E-state index contributed by atoms with van der Waals surface area (Å²) in [7, 11) is 0. The van der Waals surface area contributed by atoms with Crippen LogP contribution in [-0.4, -0.2) is 21.8 Å². The second kappa shape index (κ2) is 9.31. The SMILES string of the molecule is CC(=O)Nc1nccc(Oc2ccc3c(C(=O)Nc4ccc(C(C)(C)C)cc4)cccc3c2)n1. The Labute approximate surface area is 198 Å². The van der Waals surface area contributed by atoms with Crippen LogP contribution in [0, 0.1) is 0 Å². The summed E-state index contributed by atoms with van der Waals surface area (Å²) in [5, 5.41) is 7.17. The average molecular weight is 455 g/mol. The molecule has 2 N–H and O–H groups in total. The lowest BCUT2D eigenvalue weighted by Crippen LogP contribution is -2.14. The van der Waals surface area contributed by atoms with Crippen LogP contribution in [0.1, 0.15) is 43.6 Å². The van der Waals surface area contributed by atoms with Gasteiger partial charge >= 0.3 is 0 Å². The third-order valence-electron chi connectivity index (χ3n) is 5.25. The van der Waals surface area contributed by atoms with Gasteiger partial charge in [0.2, 0.25) is 17.7 Å². The molecule has 172 valence electrons. The lowest BCUT2D eigenvalue weighted by atomic mass is 9.87. The molecule has 4 aromatic rings. The van der Waals surface area contributed by atoms with Gasteiger partial charge in [0, 0.05) is 30.4 Å². The Hall–Kier alpha value is -4.26. The molecule has 0 unspecified atom stereocenters. The number of carbonyl (C=O) groups excluding carboxylic acids is 2. The number of anilines is 2. The highest BCUT2D eigenvalue weighted by Crippen LogP contribution is 2.28. The first kappa shape index (κ1) is 22.9. The number of fused-ring (bicyclic) bond motifs is 1. The van der Waals surface area contributed by atoms with Crippen molar-refractivity contribution in [3.63, 3.8) is 0 Å². The van der Waals surface area contributed by atoms with Crippen LogP contribution in [0.5, 0.6) is 11.6 Å². The van der Waals surface area contributed by atoms with E-state index in [-0.39, 0.29) is 23.2 Å². The van der Waals surface area contributed by atoms with Gasteiger partial charge in [-0.3, -0.25) is 14.9 Å². The molecule has 1 aromatic heterocycles. The fraction of sp³-hybridized carbons (Fsp3) is 0.185. The lowest BCUT2D eigenvalue weighted by molar-refractivity contribution is -0.114. The predicted octanol–water partition coefficient (Wildman–Crippen LogP) is 5.93. The number of nitrogens with zero attached hydrogens (tertiary/aromatic N) is 2. The van der Waals surface area contributed by atoms with E-state index >= 15 is 0 Å². The minimum Gasteiger partial charge on any atom is -0.439 e. The molecule has 7 heteroatoms. The van der Waals surface area contributed by atoms with Gasteiger partial charge in [0.1, 0.15) is 5.75 Å². The maximum Gasteiger partial charge on any atom is 0.256 e. The van der Waals surface area contributed by atoms with Crippen molar-refractivity contribution in [1.82, 2.24) is 9.97 Å². The van der Waals surface area contributed by atoms with Crippen molar-refractivity contribution in [3.8, 4) is 11.6 Å². The molecule has 1 heterocycles. The van der Waals surface area contributed by atoms with Gasteiger partial charge in [-0.2, -0.15) is 4.98 Å². The lowest BCUT2D eigenvalue weighted by Gasteiger charge is -2.19. The van der Waals surface area contributed by atoms with Crippen molar-refractivity contribution in [2.45, 2.75) is 33.1 Å². The largest absolute Gasteiger partial charge is 0.439 e. The molecular formula is C27H26N4O3. The zero-order valence-corrected chi connectivity index (χ0v) is 19.5. The molecule has 4 rings (SSSR count). The Morgan fingerprint density at radius 2 is 1.68 bits per heavy atom. The average Bonchev–Trinajstić information content (AvgIpc) is 2.78. The molecule has 2 amide bonds. The smallest absolute Gasteiger partial charge is 0.256 e. The van der Waals surface area contributed by atoms with Crippen LogP contribution >= 0.6 is 0 Å². The summed E-state index contributed by atoms with van der Waals surface area (Å²) in [5.41, 5.74) is 2.57.